The van der Waals surface area contributed by atoms with Gasteiger partial charge in [0.2, 0.25) is 0 Å². The molecule has 0 spiro atoms. The third kappa shape index (κ3) is 3.02. The Labute approximate surface area is 92.6 Å². The van der Waals surface area contributed by atoms with Crippen molar-refractivity contribution in [2.45, 2.75) is 12.6 Å². The first-order chi connectivity index (χ1) is 7.36. The van der Waals surface area contributed by atoms with E-state index in [0.29, 0.717) is 19.7 Å². The number of rotatable bonds is 3. The van der Waals surface area contributed by atoms with Crippen LogP contribution in [0.1, 0.15) is 5.56 Å². The van der Waals surface area contributed by atoms with Crippen LogP contribution in [0.2, 0.25) is 0 Å². The highest BCUT2D eigenvalue weighted by Gasteiger charge is 2.20. The molecule has 5 heteroatoms. The first kappa shape index (κ1) is 10.6. The normalized spacial score (nSPS) is 21.2. The second-order valence-electron chi connectivity index (χ2n) is 3.41. The van der Waals surface area contributed by atoms with Gasteiger partial charge in [0.05, 0.1) is 6.61 Å². The van der Waals surface area contributed by atoms with Crippen LogP contribution in [0.4, 0.5) is 0 Å². The number of carbonyl (C=O) groups is 1. The van der Waals surface area contributed by atoms with Crippen LogP contribution >= 0.6 is 11.3 Å². The summed E-state index contributed by atoms with van der Waals surface area (Å²) < 4.78 is 5.34. The van der Waals surface area contributed by atoms with Crippen molar-refractivity contribution in [3.63, 3.8) is 0 Å². The van der Waals surface area contributed by atoms with E-state index in [2.05, 4.69) is 10.6 Å². The fourth-order valence-electron chi connectivity index (χ4n) is 1.43. The van der Waals surface area contributed by atoms with Gasteiger partial charge < -0.3 is 15.4 Å². The van der Waals surface area contributed by atoms with Crippen molar-refractivity contribution in [2.24, 2.45) is 0 Å². The summed E-state index contributed by atoms with van der Waals surface area (Å²) in [6, 6.07) is 2.00. The molecule has 1 aliphatic rings. The number of ether oxygens (including phenoxy) is 1. The van der Waals surface area contributed by atoms with E-state index in [1.807, 2.05) is 16.8 Å². The Kier molecular flexibility index (Phi) is 3.71. The van der Waals surface area contributed by atoms with Gasteiger partial charge in [-0.05, 0) is 22.4 Å². The number of hydrogen-bond acceptors (Lipinski definition) is 4. The molecule has 82 valence electrons. The van der Waals surface area contributed by atoms with Crippen LogP contribution in [0.15, 0.2) is 16.8 Å². The maximum atomic E-state index is 11.6. The van der Waals surface area contributed by atoms with Gasteiger partial charge in [-0.2, -0.15) is 11.3 Å². The van der Waals surface area contributed by atoms with Gasteiger partial charge in [-0.1, -0.05) is 0 Å². The quantitative estimate of drug-likeness (QED) is 0.782. The third-order valence-electron chi connectivity index (χ3n) is 2.27. The van der Waals surface area contributed by atoms with Gasteiger partial charge in [-0.3, -0.25) is 4.79 Å². The molecule has 2 rings (SSSR count). The summed E-state index contributed by atoms with van der Waals surface area (Å²) in [6.07, 6.45) is -0.336. The molecule has 0 aliphatic carbocycles. The van der Waals surface area contributed by atoms with Crippen molar-refractivity contribution < 1.29 is 9.53 Å². The highest BCUT2D eigenvalue weighted by atomic mass is 32.1. The number of thiophene rings is 1. The Balaban J connectivity index is 1.76. The Bertz CT molecular complexity index is 307. The largest absolute Gasteiger partial charge is 0.366 e. The summed E-state index contributed by atoms with van der Waals surface area (Å²) in [5, 5.41) is 10.0. The van der Waals surface area contributed by atoms with Crippen molar-refractivity contribution in [1.82, 2.24) is 10.6 Å². The maximum Gasteiger partial charge on any atom is 0.250 e. The number of carbonyl (C=O) groups excluding carboxylic acids is 1. The van der Waals surface area contributed by atoms with E-state index in [0.717, 1.165) is 12.1 Å². The van der Waals surface area contributed by atoms with Crippen LogP contribution in [0.5, 0.6) is 0 Å². The summed E-state index contributed by atoms with van der Waals surface area (Å²) in [4.78, 5) is 11.6. The standard InChI is InChI=1S/C10H14N2O2S/c13-10(9-6-11-2-3-14-9)12-5-8-1-4-15-7-8/h1,4,7,9,11H,2-3,5-6H2,(H,12,13)/t9-/m1/s1. The van der Waals surface area contributed by atoms with Crippen molar-refractivity contribution in [3.05, 3.63) is 22.4 Å². The molecule has 1 amide bonds. The van der Waals surface area contributed by atoms with Crippen molar-refractivity contribution >= 4 is 17.2 Å². The van der Waals surface area contributed by atoms with E-state index < -0.39 is 0 Å². The molecule has 0 unspecified atom stereocenters. The SMILES string of the molecule is O=C(NCc1ccsc1)[C@H]1CNCCO1. The number of nitrogens with one attached hydrogen (secondary N) is 2. The minimum absolute atomic E-state index is 0.0339. The highest BCUT2D eigenvalue weighted by molar-refractivity contribution is 7.07. The highest BCUT2D eigenvalue weighted by Crippen LogP contribution is 2.05. The Morgan fingerprint density at radius 3 is 3.33 bits per heavy atom. The molecule has 1 fully saturated rings. The molecule has 0 bridgehead atoms. The first-order valence-corrected chi connectivity index (χ1v) is 5.91. The average Bonchev–Trinajstić information content (AvgIpc) is 2.80. The molecule has 0 aromatic carbocycles. The predicted molar refractivity (Wildman–Crippen MR) is 58.8 cm³/mol. The number of hydrogen-bond donors (Lipinski definition) is 2. The average molecular weight is 226 g/mol. The summed E-state index contributed by atoms with van der Waals surface area (Å²) in [6.45, 7) is 2.63. The van der Waals surface area contributed by atoms with E-state index in [4.69, 9.17) is 4.74 Å². The fourth-order valence-corrected chi connectivity index (χ4v) is 2.10. The smallest absolute Gasteiger partial charge is 0.250 e. The first-order valence-electron chi connectivity index (χ1n) is 4.97. The number of amides is 1. The lowest BCUT2D eigenvalue weighted by molar-refractivity contribution is -0.134. The van der Waals surface area contributed by atoms with Crippen LogP contribution in [0.25, 0.3) is 0 Å². The second kappa shape index (κ2) is 5.25. The molecule has 0 radical (unpaired) electrons. The summed E-state index contributed by atoms with van der Waals surface area (Å²) in [5.74, 6) is -0.0339. The zero-order valence-corrected chi connectivity index (χ0v) is 9.18. The van der Waals surface area contributed by atoms with E-state index in [1.165, 1.54) is 0 Å². The zero-order chi connectivity index (χ0) is 10.5. The molecule has 2 heterocycles. The maximum absolute atomic E-state index is 11.6. The van der Waals surface area contributed by atoms with Gasteiger partial charge in [0, 0.05) is 19.6 Å². The van der Waals surface area contributed by atoms with Crippen LogP contribution in [-0.2, 0) is 16.1 Å². The van der Waals surface area contributed by atoms with E-state index >= 15 is 0 Å². The molecule has 1 aromatic heterocycles. The molecule has 15 heavy (non-hydrogen) atoms. The lowest BCUT2D eigenvalue weighted by Crippen LogP contribution is -2.47. The number of morpholine rings is 1. The molecule has 1 aromatic rings. The Hall–Kier alpha value is -0.910. The Morgan fingerprint density at radius 2 is 2.67 bits per heavy atom. The Morgan fingerprint density at radius 1 is 1.73 bits per heavy atom. The molecular weight excluding hydrogens is 212 g/mol. The van der Waals surface area contributed by atoms with E-state index in [1.54, 1.807) is 11.3 Å². The predicted octanol–water partition coefficient (Wildman–Crippen LogP) is 0.353. The summed E-state index contributed by atoms with van der Waals surface area (Å²) in [5.41, 5.74) is 1.14. The van der Waals surface area contributed by atoms with Gasteiger partial charge in [0.25, 0.3) is 5.91 Å². The third-order valence-corrected chi connectivity index (χ3v) is 3.00. The summed E-state index contributed by atoms with van der Waals surface area (Å²) in [7, 11) is 0. The van der Waals surface area contributed by atoms with Crippen LogP contribution in [-0.4, -0.2) is 31.7 Å². The minimum Gasteiger partial charge on any atom is -0.366 e. The minimum atomic E-state index is -0.336. The molecule has 1 saturated heterocycles. The van der Waals surface area contributed by atoms with Gasteiger partial charge in [0.1, 0.15) is 6.10 Å². The monoisotopic (exact) mass is 226 g/mol. The fraction of sp³-hybridized carbons (Fsp3) is 0.500. The van der Waals surface area contributed by atoms with Crippen LogP contribution < -0.4 is 10.6 Å². The van der Waals surface area contributed by atoms with Crippen LogP contribution in [0, 0.1) is 0 Å². The van der Waals surface area contributed by atoms with Crippen molar-refractivity contribution in [1.29, 1.82) is 0 Å². The van der Waals surface area contributed by atoms with Gasteiger partial charge in [-0.25, -0.2) is 0 Å². The molecule has 0 saturated carbocycles. The molecular formula is C10H14N2O2S. The topological polar surface area (TPSA) is 50.4 Å². The molecule has 1 aliphatic heterocycles. The lowest BCUT2D eigenvalue weighted by Gasteiger charge is -2.22. The van der Waals surface area contributed by atoms with E-state index in [-0.39, 0.29) is 12.0 Å². The summed E-state index contributed by atoms with van der Waals surface area (Å²) >= 11 is 1.63. The second-order valence-corrected chi connectivity index (χ2v) is 4.19. The molecule has 2 N–H and O–H groups in total. The zero-order valence-electron chi connectivity index (χ0n) is 8.36. The molecule has 4 nitrogen and oxygen atoms in total. The van der Waals surface area contributed by atoms with Gasteiger partial charge in [-0.15, -0.1) is 0 Å². The van der Waals surface area contributed by atoms with E-state index in [9.17, 15) is 4.79 Å². The van der Waals surface area contributed by atoms with Gasteiger partial charge >= 0.3 is 0 Å². The molecule has 1 atom stereocenters. The van der Waals surface area contributed by atoms with Crippen molar-refractivity contribution in [3.8, 4) is 0 Å². The van der Waals surface area contributed by atoms with Crippen molar-refractivity contribution in [2.75, 3.05) is 19.7 Å². The lowest BCUT2D eigenvalue weighted by atomic mass is 10.2. The van der Waals surface area contributed by atoms with Crippen LogP contribution in [0.3, 0.4) is 0 Å². The van der Waals surface area contributed by atoms with Gasteiger partial charge in [0.15, 0.2) is 0 Å².